The molecular weight excluding hydrogens is 370 g/mol. The first-order chi connectivity index (χ1) is 14.0. The van der Waals surface area contributed by atoms with Crippen LogP contribution in [0, 0.1) is 13.8 Å². The van der Waals surface area contributed by atoms with Gasteiger partial charge < -0.3 is 4.74 Å². The number of fused-ring (bicyclic) bond motifs is 1. The van der Waals surface area contributed by atoms with E-state index < -0.39 is 0 Å². The van der Waals surface area contributed by atoms with Gasteiger partial charge in [-0.05, 0) is 54.5 Å². The van der Waals surface area contributed by atoms with Gasteiger partial charge in [-0.15, -0.1) is 10.2 Å². The third kappa shape index (κ3) is 4.01. The van der Waals surface area contributed by atoms with Crippen molar-refractivity contribution >= 4 is 11.8 Å². The normalized spacial score (nSPS) is 13.1. The molecule has 0 aliphatic carbocycles. The van der Waals surface area contributed by atoms with Gasteiger partial charge in [0, 0.05) is 13.0 Å². The van der Waals surface area contributed by atoms with E-state index in [0.29, 0.717) is 36.5 Å². The van der Waals surface area contributed by atoms with Crippen LogP contribution in [0.3, 0.4) is 0 Å². The first-order valence-electron chi connectivity index (χ1n) is 9.44. The van der Waals surface area contributed by atoms with Gasteiger partial charge in [-0.3, -0.25) is 14.5 Å². The Hall–Kier alpha value is -3.55. The van der Waals surface area contributed by atoms with E-state index in [1.54, 1.807) is 24.3 Å². The largest absolute Gasteiger partial charge is 0.492 e. The monoisotopic (exact) mass is 391 g/mol. The van der Waals surface area contributed by atoms with E-state index in [4.69, 9.17) is 4.74 Å². The van der Waals surface area contributed by atoms with Gasteiger partial charge in [0.15, 0.2) is 5.82 Å². The molecule has 0 radical (unpaired) electrons. The van der Waals surface area contributed by atoms with E-state index in [2.05, 4.69) is 21.5 Å². The average molecular weight is 391 g/mol. The molecule has 0 atom stereocenters. The summed E-state index contributed by atoms with van der Waals surface area (Å²) in [6, 6.07) is 12.9. The van der Waals surface area contributed by atoms with Crippen LogP contribution in [0.25, 0.3) is 0 Å². The molecule has 2 heterocycles. The zero-order chi connectivity index (χ0) is 20.4. The SMILES string of the molecule is Cc1cc(C)cc(OCCn2nnc(CCN3C(=O)c4ccccc4C3=O)n2)c1. The van der Waals surface area contributed by atoms with Gasteiger partial charge in [-0.25, -0.2) is 0 Å². The van der Waals surface area contributed by atoms with Crippen LogP contribution < -0.4 is 4.74 Å². The summed E-state index contributed by atoms with van der Waals surface area (Å²) in [5.74, 6) is 0.737. The lowest BCUT2D eigenvalue weighted by Crippen LogP contribution is -2.32. The first kappa shape index (κ1) is 18.8. The van der Waals surface area contributed by atoms with Crippen LogP contribution in [-0.4, -0.2) is 50.1 Å². The predicted molar refractivity (Wildman–Crippen MR) is 105 cm³/mol. The van der Waals surface area contributed by atoms with Crippen molar-refractivity contribution in [2.45, 2.75) is 26.8 Å². The second-order valence-corrected chi connectivity index (χ2v) is 7.03. The Morgan fingerprint density at radius 1 is 0.931 bits per heavy atom. The lowest BCUT2D eigenvalue weighted by atomic mass is 10.1. The number of hydrogen-bond acceptors (Lipinski definition) is 6. The van der Waals surface area contributed by atoms with Crippen LogP contribution in [0.15, 0.2) is 42.5 Å². The zero-order valence-electron chi connectivity index (χ0n) is 16.3. The van der Waals surface area contributed by atoms with Gasteiger partial charge in [0.2, 0.25) is 0 Å². The minimum Gasteiger partial charge on any atom is -0.492 e. The number of carbonyl (C=O) groups is 2. The summed E-state index contributed by atoms with van der Waals surface area (Å²) in [6.07, 6.45) is 0.351. The van der Waals surface area contributed by atoms with E-state index in [-0.39, 0.29) is 18.4 Å². The topological polar surface area (TPSA) is 90.2 Å². The molecule has 0 bridgehead atoms. The summed E-state index contributed by atoms with van der Waals surface area (Å²) >= 11 is 0. The fourth-order valence-corrected chi connectivity index (χ4v) is 3.39. The maximum Gasteiger partial charge on any atom is 0.261 e. The minimum absolute atomic E-state index is 0.219. The Morgan fingerprint density at radius 3 is 2.24 bits per heavy atom. The summed E-state index contributed by atoms with van der Waals surface area (Å²) < 4.78 is 5.76. The van der Waals surface area contributed by atoms with Gasteiger partial charge in [0.05, 0.1) is 17.7 Å². The number of ether oxygens (including phenoxy) is 1. The number of aryl methyl sites for hydroxylation is 2. The number of aromatic nitrogens is 4. The smallest absolute Gasteiger partial charge is 0.261 e. The molecule has 1 aliphatic rings. The quantitative estimate of drug-likeness (QED) is 0.574. The molecule has 2 aromatic carbocycles. The Labute approximate surface area is 168 Å². The van der Waals surface area contributed by atoms with Crippen molar-refractivity contribution < 1.29 is 14.3 Å². The molecule has 1 aliphatic heterocycles. The Balaban J connectivity index is 1.30. The lowest BCUT2D eigenvalue weighted by molar-refractivity contribution is 0.0655. The molecule has 2 amide bonds. The second-order valence-electron chi connectivity index (χ2n) is 7.03. The Kier molecular flexibility index (Phi) is 5.07. The highest BCUT2D eigenvalue weighted by molar-refractivity contribution is 6.21. The van der Waals surface area contributed by atoms with Gasteiger partial charge in [0.25, 0.3) is 11.8 Å². The van der Waals surface area contributed by atoms with E-state index in [9.17, 15) is 9.59 Å². The van der Waals surface area contributed by atoms with E-state index in [1.807, 2.05) is 26.0 Å². The average Bonchev–Trinajstić information content (AvgIpc) is 3.23. The van der Waals surface area contributed by atoms with Crippen LogP contribution in [0.4, 0.5) is 0 Å². The van der Waals surface area contributed by atoms with Crippen LogP contribution in [0.2, 0.25) is 0 Å². The second kappa shape index (κ2) is 7.83. The highest BCUT2D eigenvalue weighted by Crippen LogP contribution is 2.22. The van der Waals surface area contributed by atoms with Crippen LogP contribution >= 0.6 is 0 Å². The maximum atomic E-state index is 12.4. The van der Waals surface area contributed by atoms with E-state index in [1.165, 1.54) is 9.70 Å². The molecule has 8 heteroatoms. The van der Waals surface area contributed by atoms with Gasteiger partial charge >= 0.3 is 0 Å². The number of carbonyl (C=O) groups excluding carboxylic acids is 2. The zero-order valence-corrected chi connectivity index (χ0v) is 16.3. The summed E-state index contributed by atoms with van der Waals surface area (Å²) in [7, 11) is 0. The van der Waals surface area contributed by atoms with Crippen molar-refractivity contribution in [3.63, 3.8) is 0 Å². The fourth-order valence-electron chi connectivity index (χ4n) is 3.39. The summed E-state index contributed by atoms with van der Waals surface area (Å²) in [5.41, 5.74) is 3.18. The van der Waals surface area contributed by atoms with Crippen molar-refractivity contribution in [1.29, 1.82) is 0 Å². The molecule has 4 rings (SSSR count). The predicted octanol–water partition coefficient (Wildman–Crippen LogP) is 2.21. The fraction of sp³-hybridized carbons (Fsp3) is 0.286. The van der Waals surface area contributed by atoms with Crippen molar-refractivity contribution in [3.8, 4) is 5.75 Å². The summed E-state index contributed by atoms with van der Waals surface area (Å²) in [6.45, 7) is 5.14. The molecule has 1 aromatic heterocycles. The molecule has 0 unspecified atom stereocenters. The molecule has 148 valence electrons. The molecule has 0 N–H and O–H groups in total. The number of nitrogens with zero attached hydrogens (tertiary/aromatic N) is 5. The minimum atomic E-state index is -0.278. The highest BCUT2D eigenvalue weighted by atomic mass is 16.5. The molecule has 3 aromatic rings. The number of rotatable bonds is 7. The molecule has 29 heavy (non-hydrogen) atoms. The molecule has 0 spiro atoms. The Bertz CT molecular complexity index is 1020. The van der Waals surface area contributed by atoms with Crippen LogP contribution in [0.1, 0.15) is 37.7 Å². The molecule has 8 nitrogen and oxygen atoms in total. The number of imide groups is 1. The van der Waals surface area contributed by atoms with Crippen molar-refractivity contribution in [2.24, 2.45) is 0 Å². The Morgan fingerprint density at radius 2 is 1.59 bits per heavy atom. The number of benzene rings is 2. The van der Waals surface area contributed by atoms with Gasteiger partial charge in [-0.2, -0.15) is 4.80 Å². The first-order valence-corrected chi connectivity index (χ1v) is 9.44. The standard InChI is InChI=1S/C21H21N5O3/c1-14-11-15(2)13-16(12-14)29-10-9-26-23-19(22-24-26)7-8-25-20(27)17-5-3-4-6-18(17)21(25)28/h3-6,11-13H,7-10H2,1-2H3. The number of amides is 2. The molecule has 0 saturated carbocycles. The van der Waals surface area contributed by atoms with Crippen molar-refractivity contribution in [3.05, 3.63) is 70.5 Å². The number of tetrazole rings is 1. The third-order valence-electron chi connectivity index (χ3n) is 4.69. The lowest BCUT2D eigenvalue weighted by Gasteiger charge is -2.11. The molecule has 0 fully saturated rings. The third-order valence-corrected chi connectivity index (χ3v) is 4.69. The van der Waals surface area contributed by atoms with E-state index >= 15 is 0 Å². The highest BCUT2D eigenvalue weighted by Gasteiger charge is 2.34. The van der Waals surface area contributed by atoms with Gasteiger partial charge in [-0.1, -0.05) is 18.2 Å². The van der Waals surface area contributed by atoms with Crippen molar-refractivity contribution in [1.82, 2.24) is 25.1 Å². The van der Waals surface area contributed by atoms with Crippen molar-refractivity contribution in [2.75, 3.05) is 13.2 Å². The van der Waals surface area contributed by atoms with Gasteiger partial charge in [0.1, 0.15) is 12.4 Å². The molecular formula is C21H21N5O3. The number of hydrogen-bond donors (Lipinski definition) is 0. The maximum absolute atomic E-state index is 12.4. The molecule has 0 saturated heterocycles. The summed E-state index contributed by atoms with van der Waals surface area (Å²) in [5, 5.41) is 12.3. The summed E-state index contributed by atoms with van der Waals surface area (Å²) in [4.78, 5) is 27.5. The van der Waals surface area contributed by atoms with E-state index in [0.717, 1.165) is 16.9 Å². The van der Waals surface area contributed by atoms with Crippen LogP contribution in [0.5, 0.6) is 5.75 Å². The van der Waals surface area contributed by atoms with Crippen LogP contribution in [-0.2, 0) is 13.0 Å².